The van der Waals surface area contributed by atoms with Gasteiger partial charge < -0.3 is 4.74 Å². The number of ether oxygens (including phenoxy) is 1. The van der Waals surface area contributed by atoms with Crippen molar-refractivity contribution in [2.24, 2.45) is 5.92 Å². The first-order chi connectivity index (χ1) is 15.5. The molecule has 6 rings (SSSR count). The van der Waals surface area contributed by atoms with Gasteiger partial charge in [-0.2, -0.15) is 0 Å². The molecule has 2 aromatic heterocycles. The van der Waals surface area contributed by atoms with E-state index in [2.05, 4.69) is 24.0 Å². The quantitative estimate of drug-likeness (QED) is 0.566. The summed E-state index contributed by atoms with van der Waals surface area (Å²) in [5.41, 5.74) is 4.21. The highest BCUT2D eigenvalue weighted by Gasteiger charge is 2.53. The molecule has 7 heteroatoms. The van der Waals surface area contributed by atoms with Crippen LogP contribution in [0, 0.1) is 19.8 Å². The predicted octanol–water partition coefficient (Wildman–Crippen LogP) is 4.81. The maximum absolute atomic E-state index is 13.7. The summed E-state index contributed by atoms with van der Waals surface area (Å²) in [7, 11) is 0. The van der Waals surface area contributed by atoms with E-state index in [1.165, 1.54) is 11.3 Å². The van der Waals surface area contributed by atoms with Crippen LogP contribution >= 0.6 is 11.3 Å². The number of anilines is 1. The summed E-state index contributed by atoms with van der Waals surface area (Å²) in [5, 5.41) is 0.572. The molecular formula is C25H23N3O3S. The fraction of sp³-hybridized carbons (Fsp3) is 0.360. The van der Waals surface area contributed by atoms with Gasteiger partial charge >= 0.3 is 0 Å². The number of pyridine rings is 1. The van der Waals surface area contributed by atoms with Crippen molar-refractivity contribution in [2.45, 2.75) is 51.7 Å². The molecule has 1 saturated carbocycles. The zero-order chi connectivity index (χ0) is 22.0. The van der Waals surface area contributed by atoms with Crippen LogP contribution in [0.25, 0.3) is 10.2 Å². The van der Waals surface area contributed by atoms with Crippen LogP contribution in [0.1, 0.15) is 48.5 Å². The first kappa shape index (κ1) is 19.6. The highest BCUT2D eigenvalue weighted by atomic mass is 32.1. The molecular weight excluding hydrogens is 422 g/mol. The number of aromatic nitrogens is 2. The molecule has 0 saturated heterocycles. The fourth-order valence-electron chi connectivity index (χ4n) is 5.32. The second kappa shape index (κ2) is 7.24. The van der Waals surface area contributed by atoms with Gasteiger partial charge in [0.05, 0.1) is 27.4 Å². The number of thiazole rings is 1. The van der Waals surface area contributed by atoms with Crippen LogP contribution in [0.5, 0.6) is 0 Å². The van der Waals surface area contributed by atoms with Crippen molar-refractivity contribution in [2.75, 3.05) is 4.90 Å². The molecule has 6 nitrogen and oxygen atoms in total. The minimum atomic E-state index is -0.615. The van der Waals surface area contributed by atoms with Crippen molar-refractivity contribution in [1.82, 2.24) is 9.97 Å². The van der Waals surface area contributed by atoms with Gasteiger partial charge in [0, 0.05) is 6.20 Å². The number of amides is 1. The molecule has 0 N–H and O–H groups in total. The van der Waals surface area contributed by atoms with E-state index >= 15 is 0 Å². The standard InChI is InChI=1S/C25H23N3O3S/c1-13-11-14(2)20-18(12-13)32-25(27-20)28-21(16-8-5-6-10-26-16)19-22(29)15-7-3-4-9-17(15)31-23(19)24(28)30/h5-6,8,10-12,15,17,21H,3-4,7,9H2,1-2H3. The zero-order valence-corrected chi connectivity index (χ0v) is 18.8. The van der Waals surface area contributed by atoms with E-state index in [1.807, 2.05) is 25.1 Å². The molecule has 3 aromatic rings. The molecule has 1 amide bonds. The Balaban J connectivity index is 1.52. The van der Waals surface area contributed by atoms with E-state index in [0.717, 1.165) is 47.0 Å². The van der Waals surface area contributed by atoms with Crippen LogP contribution < -0.4 is 4.90 Å². The van der Waals surface area contributed by atoms with Gasteiger partial charge in [0.25, 0.3) is 5.91 Å². The van der Waals surface area contributed by atoms with Gasteiger partial charge in [-0.3, -0.25) is 19.5 Å². The summed E-state index contributed by atoms with van der Waals surface area (Å²) in [6.45, 7) is 4.08. The molecule has 1 aromatic carbocycles. The van der Waals surface area contributed by atoms with Gasteiger partial charge in [-0.15, -0.1) is 0 Å². The van der Waals surface area contributed by atoms with E-state index in [4.69, 9.17) is 9.72 Å². The predicted molar refractivity (Wildman–Crippen MR) is 122 cm³/mol. The molecule has 32 heavy (non-hydrogen) atoms. The number of hydrogen-bond acceptors (Lipinski definition) is 6. The lowest BCUT2D eigenvalue weighted by molar-refractivity contribution is -0.131. The largest absolute Gasteiger partial charge is 0.483 e. The average molecular weight is 446 g/mol. The summed E-state index contributed by atoms with van der Waals surface area (Å²) >= 11 is 1.47. The number of benzene rings is 1. The van der Waals surface area contributed by atoms with Gasteiger partial charge in [0.15, 0.2) is 16.7 Å². The van der Waals surface area contributed by atoms with E-state index < -0.39 is 6.04 Å². The van der Waals surface area contributed by atoms with Gasteiger partial charge in [0.2, 0.25) is 0 Å². The summed E-state index contributed by atoms with van der Waals surface area (Å²) in [6.07, 6.45) is 5.15. The Kier molecular flexibility index (Phi) is 4.43. The number of carbonyl (C=O) groups excluding carboxylic acids is 2. The number of fused-ring (bicyclic) bond motifs is 2. The Bertz CT molecular complexity index is 1300. The molecule has 2 aliphatic heterocycles. The lowest BCUT2D eigenvalue weighted by Crippen LogP contribution is -2.39. The van der Waals surface area contributed by atoms with E-state index in [0.29, 0.717) is 16.4 Å². The molecule has 0 radical (unpaired) electrons. The molecule has 3 aliphatic rings. The van der Waals surface area contributed by atoms with E-state index in [-0.39, 0.29) is 29.5 Å². The number of carbonyl (C=O) groups is 2. The molecule has 0 bridgehead atoms. The zero-order valence-electron chi connectivity index (χ0n) is 18.0. The Labute approximate surface area is 189 Å². The average Bonchev–Trinajstić information content (AvgIpc) is 3.34. The lowest BCUT2D eigenvalue weighted by Gasteiger charge is -2.35. The summed E-state index contributed by atoms with van der Waals surface area (Å²) in [6, 6.07) is 9.14. The van der Waals surface area contributed by atoms with Crippen molar-refractivity contribution in [3.8, 4) is 0 Å². The molecule has 1 fully saturated rings. The number of Topliss-reactive ketones (excluding diaryl/α,β-unsaturated/α-hetero) is 1. The van der Waals surface area contributed by atoms with Crippen LogP contribution in [0.3, 0.4) is 0 Å². The number of nitrogens with zero attached hydrogens (tertiary/aromatic N) is 3. The summed E-state index contributed by atoms with van der Waals surface area (Å²) < 4.78 is 7.26. The fourth-order valence-corrected chi connectivity index (χ4v) is 6.49. The summed E-state index contributed by atoms with van der Waals surface area (Å²) in [4.78, 5) is 38.4. The van der Waals surface area contributed by atoms with Crippen molar-refractivity contribution >= 4 is 38.4 Å². The van der Waals surface area contributed by atoms with Crippen LogP contribution in [0.2, 0.25) is 0 Å². The third-order valence-corrected chi connectivity index (χ3v) is 7.76. The van der Waals surface area contributed by atoms with Crippen molar-refractivity contribution in [1.29, 1.82) is 0 Å². The first-order valence-electron chi connectivity index (χ1n) is 11.1. The third-order valence-electron chi connectivity index (χ3n) is 6.76. The summed E-state index contributed by atoms with van der Waals surface area (Å²) in [5.74, 6) is -0.236. The molecule has 3 atom stereocenters. The van der Waals surface area contributed by atoms with E-state index in [9.17, 15) is 9.59 Å². The maximum Gasteiger partial charge on any atom is 0.296 e. The molecule has 3 unspecified atom stereocenters. The second-order valence-electron chi connectivity index (χ2n) is 8.91. The first-order valence-corrected chi connectivity index (χ1v) is 11.9. The second-order valence-corrected chi connectivity index (χ2v) is 9.92. The van der Waals surface area contributed by atoms with Crippen molar-refractivity contribution < 1.29 is 14.3 Å². The maximum atomic E-state index is 13.7. The smallest absolute Gasteiger partial charge is 0.296 e. The minimum Gasteiger partial charge on any atom is -0.483 e. The Morgan fingerprint density at radius 3 is 2.78 bits per heavy atom. The number of rotatable bonds is 2. The van der Waals surface area contributed by atoms with Crippen LogP contribution in [-0.2, 0) is 14.3 Å². The van der Waals surface area contributed by atoms with E-state index in [1.54, 1.807) is 11.1 Å². The van der Waals surface area contributed by atoms with Gasteiger partial charge in [0.1, 0.15) is 12.1 Å². The van der Waals surface area contributed by atoms with Gasteiger partial charge in [-0.05, 0) is 62.4 Å². The van der Waals surface area contributed by atoms with Crippen LogP contribution in [-0.4, -0.2) is 27.8 Å². The molecule has 1 aliphatic carbocycles. The van der Waals surface area contributed by atoms with Crippen LogP contribution in [0.4, 0.5) is 5.13 Å². The Morgan fingerprint density at radius 1 is 1.12 bits per heavy atom. The molecule has 4 heterocycles. The Morgan fingerprint density at radius 2 is 1.97 bits per heavy atom. The Hall–Kier alpha value is -3.06. The van der Waals surface area contributed by atoms with Crippen molar-refractivity contribution in [3.63, 3.8) is 0 Å². The van der Waals surface area contributed by atoms with Crippen molar-refractivity contribution in [3.05, 3.63) is 64.7 Å². The number of ketones is 1. The molecule has 0 spiro atoms. The monoisotopic (exact) mass is 445 g/mol. The SMILES string of the molecule is Cc1cc(C)c2nc(N3C(=O)C4=C(C(=O)C5CCCCC5O4)C3c3ccccn3)sc2c1. The lowest BCUT2D eigenvalue weighted by atomic mass is 9.78. The van der Waals surface area contributed by atoms with Gasteiger partial charge in [-0.25, -0.2) is 4.98 Å². The van der Waals surface area contributed by atoms with Crippen LogP contribution in [0.15, 0.2) is 47.9 Å². The highest BCUT2D eigenvalue weighted by Crippen LogP contribution is 2.49. The highest BCUT2D eigenvalue weighted by molar-refractivity contribution is 7.22. The molecule has 162 valence electrons. The topological polar surface area (TPSA) is 72.4 Å². The number of hydrogen-bond donors (Lipinski definition) is 0. The normalized spacial score (nSPS) is 25.2. The third kappa shape index (κ3) is 2.84. The van der Waals surface area contributed by atoms with Gasteiger partial charge in [-0.1, -0.05) is 29.9 Å². The number of aryl methyl sites for hydroxylation is 2. The minimum absolute atomic E-state index is 0.0376.